The molecule has 0 fully saturated rings. The molecule has 0 spiro atoms. The number of hydrogen-bond donors (Lipinski definition) is 4. The average molecular weight is 265 g/mol. The van der Waals surface area contributed by atoms with Crippen molar-refractivity contribution in [3.63, 3.8) is 0 Å². The minimum atomic E-state index is -0.317. The highest BCUT2D eigenvalue weighted by molar-refractivity contribution is 5.96. The molecule has 104 valence electrons. The zero-order valence-electron chi connectivity index (χ0n) is 11.1. The number of amides is 3. The van der Waals surface area contributed by atoms with E-state index in [0.29, 0.717) is 11.3 Å². The molecule has 1 aromatic rings. The van der Waals surface area contributed by atoms with Crippen LogP contribution in [-0.2, 0) is 0 Å². The number of nitrogens with one attached hydrogen (secondary N) is 3. The summed E-state index contributed by atoms with van der Waals surface area (Å²) in [5.74, 6) is -0.290. The zero-order chi connectivity index (χ0) is 14.3. The van der Waals surface area contributed by atoms with Crippen LogP contribution in [0.3, 0.4) is 0 Å². The Labute approximate surface area is 112 Å². The monoisotopic (exact) mass is 265 g/mol. The number of carbonyl (C=O) groups is 2. The van der Waals surface area contributed by atoms with E-state index in [1.165, 1.54) is 0 Å². The van der Waals surface area contributed by atoms with Crippen LogP contribution in [0.5, 0.6) is 0 Å². The Hall–Kier alpha value is -2.08. The molecule has 6 nitrogen and oxygen atoms in total. The van der Waals surface area contributed by atoms with Crippen LogP contribution in [0, 0.1) is 0 Å². The van der Waals surface area contributed by atoms with Gasteiger partial charge in [0.05, 0.1) is 6.61 Å². The summed E-state index contributed by atoms with van der Waals surface area (Å²) < 4.78 is 0. The topological polar surface area (TPSA) is 90.5 Å². The van der Waals surface area contributed by atoms with Gasteiger partial charge in [-0.2, -0.15) is 0 Å². The van der Waals surface area contributed by atoms with Gasteiger partial charge in [0.25, 0.3) is 5.91 Å². The number of rotatable bonds is 5. The van der Waals surface area contributed by atoms with Crippen molar-refractivity contribution < 1.29 is 14.7 Å². The summed E-state index contributed by atoms with van der Waals surface area (Å²) in [5.41, 5.74) is 0.964. The van der Waals surface area contributed by atoms with Gasteiger partial charge in [-0.1, -0.05) is 6.07 Å². The van der Waals surface area contributed by atoms with E-state index in [9.17, 15) is 9.59 Å². The molecule has 0 aromatic heterocycles. The van der Waals surface area contributed by atoms with Crippen LogP contribution in [0.4, 0.5) is 10.5 Å². The molecule has 19 heavy (non-hydrogen) atoms. The summed E-state index contributed by atoms with van der Waals surface area (Å²) in [6.45, 7) is 3.81. The smallest absolute Gasteiger partial charge is 0.319 e. The molecule has 6 heteroatoms. The predicted molar refractivity (Wildman–Crippen MR) is 73.2 cm³/mol. The van der Waals surface area contributed by atoms with Gasteiger partial charge in [-0.15, -0.1) is 0 Å². The SMILES string of the molecule is CC(C)NC(=O)Nc1cccc(C(=O)NCCO)c1. The lowest BCUT2D eigenvalue weighted by Gasteiger charge is -2.11. The molecule has 0 aliphatic heterocycles. The van der Waals surface area contributed by atoms with Gasteiger partial charge >= 0.3 is 6.03 Å². The second-order valence-corrected chi connectivity index (χ2v) is 4.31. The fourth-order valence-electron chi connectivity index (χ4n) is 1.44. The molecule has 4 N–H and O–H groups in total. The van der Waals surface area contributed by atoms with Gasteiger partial charge in [-0.3, -0.25) is 4.79 Å². The molecule has 0 unspecified atom stereocenters. The van der Waals surface area contributed by atoms with Gasteiger partial charge in [-0.05, 0) is 32.0 Å². The lowest BCUT2D eigenvalue weighted by Crippen LogP contribution is -2.34. The maximum atomic E-state index is 11.7. The van der Waals surface area contributed by atoms with Crippen molar-refractivity contribution in [2.24, 2.45) is 0 Å². The van der Waals surface area contributed by atoms with Gasteiger partial charge in [0, 0.05) is 23.8 Å². The van der Waals surface area contributed by atoms with E-state index in [1.54, 1.807) is 24.3 Å². The Balaban J connectivity index is 2.66. The predicted octanol–water partition coefficient (Wildman–Crippen LogP) is 0.939. The largest absolute Gasteiger partial charge is 0.395 e. The number of benzene rings is 1. The minimum absolute atomic E-state index is 0.0380. The van der Waals surface area contributed by atoms with Crippen molar-refractivity contribution in [2.75, 3.05) is 18.5 Å². The highest BCUT2D eigenvalue weighted by Crippen LogP contribution is 2.10. The second-order valence-electron chi connectivity index (χ2n) is 4.31. The fourth-order valence-corrected chi connectivity index (χ4v) is 1.44. The number of aliphatic hydroxyl groups excluding tert-OH is 1. The quantitative estimate of drug-likeness (QED) is 0.638. The van der Waals surface area contributed by atoms with Gasteiger partial charge < -0.3 is 21.1 Å². The first-order chi connectivity index (χ1) is 9.02. The Kier molecular flexibility index (Phi) is 5.81. The van der Waals surface area contributed by atoms with Crippen molar-refractivity contribution in [3.8, 4) is 0 Å². The highest BCUT2D eigenvalue weighted by atomic mass is 16.3. The van der Waals surface area contributed by atoms with E-state index in [2.05, 4.69) is 16.0 Å². The molecule has 0 aliphatic rings. The van der Waals surface area contributed by atoms with Crippen molar-refractivity contribution in [2.45, 2.75) is 19.9 Å². The molecule has 3 amide bonds. The van der Waals surface area contributed by atoms with E-state index in [1.807, 2.05) is 13.8 Å². The standard InChI is InChI=1S/C13H19N3O3/c1-9(2)15-13(19)16-11-5-3-4-10(8-11)12(18)14-6-7-17/h3-5,8-9,17H,6-7H2,1-2H3,(H,14,18)(H2,15,16,19). The summed E-state index contributed by atoms with van der Waals surface area (Å²) in [7, 11) is 0. The van der Waals surface area contributed by atoms with Crippen LogP contribution < -0.4 is 16.0 Å². The van der Waals surface area contributed by atoms with E-state index >= 15 is 0 Å². The van der Waals surface area contributed by atoms with Crippen LogP contribution in [0.25, 0.3) is 0 Å². The lowest BCUT2D eigenvalue weighted by atomic mass is 10.2. The first kappa shape index (κ1) is 15.0. The molecule has 0 radical (unpaired) electrons. The van der Waals surface area contributed by atoms with E-state index in [4.69, 9.17) is 5.11 Å². The molecule has 0 saturated heterocycles. The fraction of sp³-hybridized carbons (Fsp3) is 0.385. The molecule has 0 aliphatic carbocycles. The Morgan fingerprint density at radius 1 is 1.32 bits per heavy atom. The van der Waals surface area contributed by atoms with Crippen LogP contribution in [0.1, 0.15) is 24.2 Å². The summed E-state index contributed by atoms with van der Waals surface area (Å²) in [6, 6.07) is 6.31. The van der Waals surface area contributed by atoms with Crippen LogP contribution in [0.15, 0.2) is 24.3 Å². The van der Waals surface area contributed by atoms with Gasteiger partial charge in [-0.25, -0.2) is 4.79 Å². The van der Waals surface area contributed by atoms with Crippen molar-refractivity contribution in [1.29, 1.82) is 0 Å². The first-order valence-corrected chi connectivity index (χ1v) is 6.09. The molecule has 1 aromatic carbocycles. The van der Waals surface area contributed by atoms with Crippen LogP contribution >= 0.6 is 0 Å². The van der Waals surface area contributed by atoms with Crippen LogP contribution in [-0.4, -0.2) is 36.2 Å². The van der Waals surface area contributed by atoms with Gasteiger partial charge in [0.2, 0.25) is 0 Å². The van der Waals surface area contributed by atoms with Crippen molar-refractivity contribution in [1.82, 2.24) is 10.6 Å². The van der Waals surface area contributed by atoms with Gasteiger partial charge in [0.1, 0.15) is 0 Å². The summed E-state index contributed by atoms with van der Waals surface area (Å²) in [5, 5.41) is 16.5. The summed E-state index contributed by atoms with van der Waals surface area (Å²) in [4.78, 5) is 23.2. The maximum Gasteiger partial charge on any atom is 0.319 e. The number of hydrogen-bond acceptors (Lipinski definition) is 3. The third-order valence-corrected chi connectivity index (χ3v) is 2.20. The zero-order valence-corrected chi connectivity index (χ0v) is 11.1. The minimum Gasteiger partial charge on any atom is -0.395 e. The third kappa shape index (κ3) is 5.39. The average Bonchev–Trinajstić information content (AvgIpc) is 2.35. The number of anilines is 1. The number of aliphatic hydroxyl groups is 1. The Morgan fingerprint density at radius 3 is 2.68 bits per heavy atom. The molecule has 1 rings (SSSR count). The Bertz CT molecular complexity index is 447. The van der Waals surface area contributed by atoms with E-state index in [0.717, 1.165) is 0 Å². The normalized spacial score (nSPS) is 10.1. The first-order valence-electron chi connectivity index (χ1n) is 6.09. The second kappa shape index (κ2) is 7.38. The lowest BCUT2D eigenvalue weighted by molar-refractivity contribution is 0.0944. The number of carbonyl (C=O) groups excluding carboxylic acids is 2. The molecule has 0 atom stereocenters. The summed E-state index contributed by atoms with van der Waals surface area (Å²) >= 11 is 0. The maximum absolute atomic E-state index is 11.7. The number of urea groups is 1. The molecular weight excluding hydrogens is 246 g/mol. The summed E-state index contributed by atoms with van der Waals surface area (Å²) in [6.07, 6.45) is 0. The molecular formula is C13H19N3O3. The van der Waals surface area contributed by atoms with Crippen LogP contribution in [0.2, 0.25) is 0 Å². The highest BCUT2D eigenvalue weighted by Gasteiger charge is 2.07. The molecule has 0 bridgehead atoms. The molecule has 0 saturated carbocycles. The third-order valence-electron chi connectivity index (χ3n) is 2.20. The van der Waals surface area contributed by atoms with E-state index in [-0.39, 0.29) is 31.1 Å². The Morgan fingerprint density at radius 2 is 2.05 bits per heavy atom. The van der Waals surface area contributed by atoms with Crippen molar-refractivity contribution >= 4 is 17.6 Å². The van der Waals surface area contributed by atoms with Gasteiger partial charge in [0.15, 0.2) is 0 Å². The van der Waals surface area contributed by atoms with Crippen molar-refractivity contribution in [3.05, 3.63) is 29.8 Å². The van der Waals surface area contributed by atoms with E-state index < -0.39 is 0 Å². The molecule has 0 heterocycles.